The second-order valence-electron chi connectivity index (χ2n) is 5.44. The van der Waals surface area contributed by atoms with E-state index in [2.05, 4.69) is 4.98 Å². The first-order valence-electron chi connectivity index (χ1n) is 7.22. The van der Waals surface area contributed by atoms with Gasteiger partial charge in [0.25, 0.3) is 0 Å². The molecule has 0 amide bonds. The molecule has 0 unspecified atom stereocenters. The highest BCUT2D eigenvalue weighted by molar-refractivity contribution is 7.90. The maximum atomic E-state index is 12.5. The zero-order chi connectivity index (χ0) is 17.3. The molecule has 122 valence electrons. The molecule has 0 N–H and O–H groups in total. The number of benzene rings is 1. The van der Waals surface area contributed by atoms with Crippen molar-refractivity contribution in [2.75, 3.05) is 6.26 Å². The summed E-state index contributed by atoms with van der Waals surface area (Å²) in [6, 6.07) is 11.7. The lowest BCUT2D eigenvalue weighted by Gasteiger charge is -2.12. The molecule has 0 spiro atoms. The lowest BCUT2D eigenvalue weighted by Crippen LogP contribution is -2.08. The third-order valence-electron chi connectivity index (χ3n) is 3.60. The van der Waals surface area contributed by atoms with Crippen molar-refractivity contribution in [3.8, 4) is 22.3 Å². The molecule has 0 atom stereocenters. The maximum Gasteiger partial charge on any atom is 0.344 e. The van der Waals surface area contributed by atoms with Gasteiger partial charge in [-0.3, -0.25) is 4.98 Å². The Hall–Kier alpha value is -2.73. The van der Waals surface area contributed by atoms with Crippen LogP contribution >= 0.6 is 0 Å². The Morgan fingerprint density at radius 1 is 1.04 bits per heavy atom. The molecule has 1 aromatic carbocycles. The van der Waals surface area contributed by atoms with Crippen molar-refractivity contribution in [3.05, 3.63) is 71.0 Å². The van der Waals surface area contributed by atoms with Crippen LogP contribution in [0.3, 0.4) is 0 Å². The minimum atomic E-state index is -3.45. The van der Waals surface area contributed by atoms with Gasteiger partial charge in [-0.25, -0.2) is 13.2 Å². The predicted molar refractivity (Wildman–Crippen MR) is 91.5 cm³/mol. The third kappa shape index (κ3) is 3.00. The SMILES string of the molecule is Cc1cc(-c2ccccc2S(C)(=O)=O)c(-c2cccnc2)c(=O)o1. The van der Waals surface area contributed by atoms with Crippen LogP contribution in [0.4, 0.5) is 0 Å². The van der Waals surface area contributed by atoms with Crippen molar-refractivity contribution >= 4 is 9.84 Å². The minimum absolute atomic E-state index is 0.167. The van der Waals surface area contributed by atoms with Crippen LogP contribution in [0.2, 0.25) is 0 Å². The van der Waals surface area contributed by atoms with Gasteiger partial charge in [0.2, 0.25) is 0 Å². The van der Waals surface area contributed by atoms with E-state index in [0.717, 1.165) is 6.26 Å². The van der Waals surface area contributed by atoms with Gasteiger partial charge in [-0.05, 0) is 25.1 Å². The fraction of sp³-hybridized carbons (Fsp3) is 0.111. The van der Waals surface area contributed by atoms with E-state index in [1.807, 2.05) is 0 Å². The number of hydrogen-bond acceptors (Lipinski definition) is 5. The van der Waals surface area contributed by atoms with Crippen molar-refractivity contribution in [1.29, 1.82) is 0 Å². The molecule has 0 fully saturated rings. The van der Waals surface area contributed by atoms with E-state index < -0.39 is 15.5 Å². The Labute approximate surface area is 139 Å². The molecule has 0 saturated heterocycles. The molecule has 2 heterocycles. The normalized spacial score (nSPS) is 11.4. The largest absolute Gasteiger partial charge is 0.428 e. The van der Waals surface area contributed by atoms with Crippen LogP contribution in [-0.4, -0.2) is 19.7 Å². The summed E-state index contributed by atoms with van der Waals surface area (Å²) >= 11 is 0. The number of nitrogens with zero attached hydrogens (tertiary/aromatic N) is 1. The van der Waals surface area contributed by atoms with Crippen LogP contribution in [0.5, 0.6) is 0 Å². The van der Waals surface area contributed by atoms with Crippen LogP contribution in [0, 0.1) is 6.92 Å². The van der Waals surface area contributed by atoms with Gasteiger partial charge in [-0.2, -0.15) is 0 Å². The number of aromatic nitrogens is 1. The third-order valence-corrected chi connectivity index (χ3v) is 4.76. The average molecular weight is 341 g/mol. The molecule has 2 aromatic heterocycles. The summed E-state index contributed by atoms with van der Waals surface area (Å²) in [5.74, 6) is 0.408. The van der Waals surface area contributed by atoms with Gasteiger partial charge >= 0.3 is 5.63 Å². The summed E-state index contributed by atoms with van der Waals surface area (Å²) in [4.78, 5) is 16.7. The maximum absolute atomic E-state index is 12.5. The second-order valence-corrected chi connectivity index (χ2v) is 7.43. The molecule has 3 rings (SSSR count). The topological polar surface area (TPSA) is 77.2 Å². The molecular weight excluding hydrogens is 326 g/mol. The lowest BCUT2D eigenvalue weighted by atomic mass is 9.97. The van der Waals surface area contributed by atoms with Crippen LogP contribution in [0.15, 0.2) is 69.0 Å². The molecule has 3 aromatic rings. The number of rotatable bonds is 3. The van der Waals surface area contributed by atoms with E-state index in [0.29, 0.717) is 28.0 Å². The number of sulfone groups is 1. The van der Waals surface area contributed by atoms with Crippen molar-refractivity contribution in [1.82, 2.24) is 4.98 Å². The number of pyridine rings is 1. The first-order valence-corrected chi connectivity index (χ1v) is 9.11. The van der Waals surface area contributed by atoms with Gasteiger partial charge < -0.3 is 4.42 Å². The van der Waals surface area contributed by atoms with Gasteiger partial charge in [-0.1, -0.05) is 24.3 Å². The van der Waals surface area contributed by atoms with Crippen LogP contribution in [0.1, 0.15) is 5.76 Å². The van der Waals surface area contributed by atoms with E-state index in [4.69, 9.17) is 4.42 Å². The Balaban J connectivity index is 2.41. The molecule has 0 aliphatic heterocycles. The van der Waals surface area contributed by atoms with E-state index in [9.17, 15) is 13.2 Å². The first kappa shape index (κ1) is 16.1. The molecule has 0 bridgehead atoms. The van der Waals surface area contributed by atoms with Crippen molar-refractivity contribution in [3.63, 3.8) is 0 Å². The summed E-state index contributed by atoms with van der Waals surface area (Å²) in [6.07, 6.45) is 4.30. The van der Waals surface area contributed by atoms with Gasteiger partial charge in [-0.15, -0.1) is 0 Å². The van der Waals surface area contributed by atoms with E-state index in [-0.39, 0.29) is 4.90 Å². The number of hydrogen-bond donors (Lipinski definition) is 0. The average Bonchev–Trinajstić information content (AvgIpc) is 2.54. The molecule has 0 aliphatic rings. The lowest BCUT2D eigenvalue weighted by molar-refractivity contribution is 0.483. The minimum Gasteiger partial charge on any atom is -0.428 e. The molecule has 0 aliphatic carbocycles. The summed E-state index contributed by atoms with van der Waals surface area (Å²) in [5.41, 5.74) is 1.32. The van der Waals surface area contributed by atoms with Crippen molar-refractivity contribution in [2.24, 2.45) is 0 Å². The van der Waals surface area contributed by atoms with Gasteiger partial charge in [0.05, 0.1) is 10.5 Å². The quantitative estimate of drug-likeness (QED) is 0.731. The van der Waals surface area contributed by atoms with Gasteiger partial charge in [0, 0.05) is 35.3 Å². The summed E-state index contributed by atoms with van der Waals surface area (Å²) < 4.78 is 29.5. The first-order chi connectivity index (χ1) is 11.4. The van der Waals surface area contributed by atoms with Crippen molar-refractivity contribution < 1.29 is 12.8 Å². The van der Waals surface area contributed by atoms with Gasteiger partial charge in [0.15, 0.2) is 9.84 Å². The highest BCUT2D eigenvalue weighted by atomic mass is 32.2. The summed E-state index contributed by atoms with van der Waals surface area (Å²) in [7, 11) is -3.45. The smallest absolute Gasteiger partial charge is 0.344 e. The monoisotopic (exact) mass is 341 g/mol. The second kappa shape index (κ2) is 6.05. The Bertz CT molecular complexity index is 1050. The fourth-order valence-corrected chi connectivity index (χ4v) is 3.52. The molecule has 0 radical (unpaired) electrons. The fourth-order valence-electron chi connectivity index (χ4n) is 2.62. The summed E-state index contributed by atoms with van der Waals surface area (Å²) in [5, 5.41) is 0. The molecule has 6 heteroatoms. The highest BCUT2D eigenvalue weighted by Crippen LogP contribution is 2.34. The van der Waals surface area contributed by atoms with E-state index >= 15 is 0 Å². The van der Waals surface area contributed by atoms with Crippen LogP contribution in [0.25, 0.3) is 22.3 Å². The number of aryl methyl sites for hydroxylation is 1. The molecule has 24 heavy (non-hydrogen) atoms. The van der Waals surface area contributed by atoms with Gasteiger partial charge in [0.1, 0.15) is 5.76 Å². The van der Waals surface area contributed by atoms with E-state index in [1.165, 1.54) is 6.07 Å². The van der Waals surface area contributed by atoms with Crippen LogP contribution < -0.4 is 5.63 Å². The van der Waals surface area contributed by atoms with Crippen molar-refractivity contribution in [2.45, 2.75) is 11.8 Å². The predicted octanol–water partition coefficient (Wildman–Crippen LogP) is 3.08. The Morgan fingerprint density at radius 3 is 2.46 bits per heavy atom. The standard InChI is InChI=1S/C18H15NO4S/c1-12-10-15(14-7-3-4-8-16(14)24(2,21)22)17(18(20)23-12)13-6-5-9-19-11-13/h3-11H,1-2H3. The van der Waals surface area contributed by atoms with E-state index in [1.54, 1.807) is 55.7 Å². The summed E-state index contributed by atoms with van der Waals surface area (Å²) in [6.45, 7) is 1.65. The van der Waals surface area contributed by atoms with Crippen LogP contribution in [-0.2, 0) is 9.84 Å². The molecular formula is C18H15NO4S. The molecule has 0 saturated carbocycles. The Kier molecular flexibility index (Phi) is 4.07. The zero-order valence-electron chi connectivity index (χ0n) is 13.2. The Morgan fingerprint density at radius 2 is 1.79 bits per heavy atom. The highest BCUT2D eigenvalue weighted by Gasteiger charge is 2.20. The zero-order valence-corrected chi connectivity index (χ0v) is 14.0. The molecule has 5 nitrogen and oxygen atoms in total.